The molecule has 1 saturated heterocycles. The molecular weight excluding hydrogens is 362 g/mol. The molecule has 1 heterocycles. The molecule has 0 bridgehead atoms. The number of hydrogen-bond acceptors (Lipinski definition) is 3. The molecule has 1 atom stereocenters. The van der Waals surface area contributed by atoms with Crippen LogP contribution in [-0.2, 0) is 14.9 Å². The van der Waals surface area contributed by atoms with Crippen LogP contribution in [0.1, 0.15) is 38.7 Å². The molecule has 0 aromatic heterocycles. The summed E-state index contributed by atoms with van der Waals surface area (Å²) in [6.45, 7) is 5.26. The van der Waals surface area contributed by atoms with E-state index in [9.17, 15) is 4.79 Å². The quantitative estimate of drug-likeness (QED) is 0.740. The molecule has 0 radical (unpaired) electrons. The van der Waals surface area contributed by atoms with Gasteiger partial charge in [-0.2, -0.15) is 0 Å². The highest BCUT2D eigenvalue weighted by Crippen LogP contribution is 2.36. The first kappa shape index (κ1) is 19.7. The van der Waals surface area contributed by atoms with Gasteiger partial charge in [-0.05, 0) is 68.1 Å². The summed E-state index contributed by atoms with van der Waals surface area (Å²) in [5.74, 6) is 0.796. The number of amides is 1. The summed E-state index contributed by atoms with van der Waals surface area (Å²) >= 11 is 6.03. The summed E-state index contributed by atoms with van der Waals surface area (Å²) in [4.78, 5) is 13.3. The lowest BCUT2D eigenvalue weighted by Crippen LogP contribution is -2.44. The number of halogens is 1. The van der Waals surface area contributed by atoms with Gasteiger partial charge in [-0.3, -0.25) is 4.79 Å². The van der Waals surface area contributed by atoms with Crippen LogP contribution in [-0.4, -0.2) is 25.2 Å². The number of hydrogen-bond donors (Lipinski definition) is 1. The van der Waals surface area contributed by atoms with Crippen molar-refractivity contribution < 1.29 is 14.3 Å². The summed E-state index contributed by atoms with van der Waals surface area (Å²) in [6.07, 6.45) is 2.41. The molecule has 2 aromatic rings. The van der Waals surface area contributed by atoms with Crippen molar-refractivity contribution in [2.75, 3.05) is 18.5 Å². The van der Waals surface area contributed by atoms with Crippen molar-refractivity contribution in [1.82, 2.24) is 0 Å². The van der Waals surface area contributed by atoms with Gasteiger partial charge in [-0.1, -0.05) is 30.7 Å². The summed E-state index contributed by atoms with van der Waals surface area (Å²) in [5.41, 5.74) is 1.13. The van der Waals surface area contributed by atoms with Gasteiger partial charge in [-0.25, -0.2) is 0 Å². The van der Waals surface area contributed by atoms with Gasteiger partial charge >= 0.3 is 0 Å². The number of carbonyl (C=O) groups excluding carboxylic acids is 1. The Kier molecular flexibility index (Phi) is 6.40. The van der Waals surface area contributed by atoms with Crippen LogP contribution < -0.4 is 10.1 Å². The Bertz CT molecular complexity index is 752. The first-order valence-corrected chi connectivity index (χ1v) is 9.83. The van der Waals surface area contributed by atoms with E-state index in [-0.39, 0.29) is 12.0 Å². The lowest BCUT2D eigenvalue weighted by Gasteiger charge is -2.36. The van der Waals surface area contributed by atoms with Crippen molar-refractivity contribution in [3.63, 3.8) is 0 Å². The van der Waals surface area contributed by atoms with E-state index >= 15 is 0 Å². The van der Waals surface area contributed by atoms with Gasteiger partial charge < -0.3 is 14.8 Å². The third kappa shape index (κ3) is 4.63. The molecule has 3 rings (SSSR count). The number of ether oxygens (including phenoxy) is 2. The highest BCUT2D eigenvalue weighted by atomic mass is 35.5. The van der Waals surface area contributed by atoms with E-state index in [1.54, 1.807) is 0 Å². The number of benzene rings is 2. The fourth-order valence-corrected chi connectivity index (χ4v) is 3.44. The third-order valence-electron chi connectivity index (χ3n) is 5.20. The molecule has 1 N–H and O–H groups in total. The molecule has 1 aliphatic rings. The second-order valence-corrected chi connectivity index (χ2v) is 7.45. The van der Waals surface area contributed by atoms with E-state index in [1.165, 1.54) is 0 Å². The fraction of sp³-hybridized carbons (Fsp3) is 0.409. The zero-order valence-electron chi connectivity index (χ0n) is 15.8. The molecule has 1 fully saturated rings. The zero-order chi connectivity index (χ0) is 19.3. The number of anilines is 1. The average molecular weight is 388 g/mol. The maximum absolute atomic E-state index is 13.3. The molecule has 27 heavy (non-hydrogen) atoms. The largest absolute Gasteiger partial charge is 0.491 e. The number of nitrogens with one attached hydrogen (secondary N) is 1. The van der Waals surface area contributed by atoms with Gasteiger partial charge in [0.05, 0.1) is 11.5 Å². The van der Waals surface area contributed by atoms with Crippen molar-refractivity contribution in [3.05, 3.63) is 59.1 Å². The standard InChI is InChI=1S/C22H26ClNO3/c1-3-16(2)27-20-10-8-19(9-11-20)24-21(25)22(12-14-26-15-13-22)17-4-6-18(23)7-5-17/h4-11,16H,3,12-15H2,1-2H3,(H,24,25)/t16-/m1/s1. The van der Waals surface area contributed by atoms with Gasteiger partial charge in [0.1, 0.15) is 5.75 Å². The molecular formula is C22H26ClNO3. The third-order valence-corrected chi connectivity index (χ3v) is 5.45. The molecule has 4 nitrogen and oxygen atoms in total. The minimum Gasteiger partial charge on any atom is -0.491 e. The lowest BCUT2D eigenvalue weighted by molar-refractivity contribution is -0.125. The Labute approximate surface area is 165 Å². The molecule has 2 aromatic carbocycles. The van der Waals surface area contributed by atoms with E-state index in [0.29, 0.717) is 31.1 Å². The van der Waals surface area contributed by atoms with Gasteiger partial charge in [0.15, 0.2) is 0 Å². The van der Waals surface area contributed by atoms with Crippen LogP contribution >= 0.6 is 11.6 Å². The molecule has 144 valence electrons. The van der Waals surface area contributed by atoms with Crippen LogP contribution in [0, 0.1) is 0 Å². The monoisotopic (exact) mass is 387 g/mol. The van der Waals surface area contributed by atoms with Crippen molar-refractivity contribution in [1.29, 1.82) is 0 Å². The lowest BCUT2D eigenvalue weighted by atomic mass is 9.73. The summed E-state index contributed by atoms with van der Waals surface area (Å²) in [5, 5.41) is 3.74. The maximum Gasteiger partial charge on any atom is 0.235 e. The Morgan fingerprint density at radius 2 is 1.78 bits per heavy atom. The average Bonchev–Trinajstić information content (AvgIpc) is 2.70. The predicted octanol–water partition coefficient (Wildman–Crippen LogP) is 5.20. The number of rotatable bonds is 6. The van der Waals surface area contributed by atoms with E-state index in [2.05, 4.69) is 12.2 Å². The minimum atomic E-state index is -0.602. The number of carbonyl (C=O) groups is 1. The SMILES string of the molecule is CC[C@@H](C)Oc1ccc(NC(=O)C2(c3ccc(Cl)cc3)CCOCC2)cc1. The van der Waals surface area contributed by atoms with E-state index < -0.39 is 5.41 Å². The van der Waals surface area contributed by atoms with Crippen LogP contribution in [0.15, 0.2) is 48.5 Å². The van der Waals surface area contributed by atoms with Gasteiger partial charge in [0.2, 0.25) is 5.91 Å². The molecule has 0 unspecified atom stereocenters. The Balaban J connectivity index is 1.78. The van der Waals surface area contributed by atoms with E-state index in [1.807, 2.05) is 55.5 Å². The van der Waals surface area contributed by atoms with Crippen molar-refractivity contribution in [3.8, 4) is 5.75 Å². The van der Waals surface area contributed by atoms with Crippen LogP contribution in [0.4, 0.5) is 5.69 Å². The zero-order valence-corrected chi connectivity index (χ0v) is 16.6. The highest BCUT2D eigenvalue weighted by Gasteiger charge is 2.41. The first-order valence-electron chi connectivity index (χ1n) is 9.45. The topological polar surface area (TPSA) is 47.6 Å². The van der Waals surface area contributed by atoms with Crippen molar-refractivity contribution in [2.45, 2.75) is 44.6 Å². The minimum absolute atomic E-state index is 0.0104. The smallest absolute Gasteiger partial charge is 0.235 e. The van der Waals surface area contributed by atoms with Gasteiger partial charge in [0, 0.05) is 23.9 Å². The Hall–Kier alpha value is -2.04. The van der Waals surface area contributed by atoms with E-state index in [0.717, 1.165) is 23.4 Å². The van der Waals surface area contributed by atoms with Crippen LogP contribution in [0.2, 0.25) is 5.02 Å². The van der Waals surface area contributed by atoms with Crippen LogP contribution in [0.25, 0.3) is 0 Å². The van der Waals surface area contributed by atoms with Crippen LogP contribution in [0.3, 0.4) is 0 Å². The molecule has 1 aliphatic heterocycles. The van der Waals surface area contributed by atoms with Crippen LogP contribution in [0.5, 0.6) is 5.75 Å². The fourth-order valence-electron chi connectivity index (χ4n) is 3.32. The normalized spacial score (nSPS) is 17.1. The first-order chi connectivity index (χ1) is 13.0. The molecule has 0 aliphatic carbocycles. The summed E-state index contributed by atoms with van der Waals surface area (Å²) < 4.78 is 11.3. The Morgan fingerprint density at radius 1 is 1.15 bits per heavy atom. The van der Waals surface area contributed by atoms with Crippen molar-refractivity contribution >= 4 is 23.2 Å². The van der Waals surface area contributed by atoms with E-state index in [4.69, 9.17) is 21.1 Å². The maximum atomic E-state index is 13.3. The summed E-state index contributed by atoms with van der Waals surface area (Å²) in [7, 11) is 0. The predicted molar refractivity (Wildman–Crippen MR) is 109 cm³/mol. The molecule has 0 spiro atoms. The van der Waals surface area contributed by atoms with Gasteiger partial charge in [0.25, 0.3) is 0 Å². The molecule has 5 heteroatoms. The summed E-state index contributed by atoms with van der Waals surface area (Å²) in [6, 6.07) is 15.1. The van der Waals surface area contributed by atoms with Gasteiger partial charge in [-0.15, -0.1) is 0 Å². The second-order valence-electron chi connectivity index (χ2n) is 7.02. The molecule has 0 saturated carbocycles. The molecule has 1 amide bonds. The second kappa shape index (κ2) is 8.77. The van der Waals surface area contributed by atoms with Crippen molar-refractivity contribution in [2.24, 2.45) is 0 Å². The Morgan fingerprint density at radius 3 is 2.37 bits per heavy atom. The highest BCUT2D eigenvalue weighted by molar-refractivity contribution is 6.30.